The molecule has 0 spiro atoms. The van der Waals surface area contributed by atoms with Gasteiger partial charge in [-0.05, 0) is 31.9 Å². The second-order valence-corrected chi connectivity index (χ2v) is 6.44. The van der Waals surface area contributed by atoms with Crippen molar-refractivity contribution >= 4 is 28.5 Å². The highest BCUT2D eigenvalue weighted by Crippen LogP contribution is 2.39. The first-order valence-corrected chi connectivity index (χ1v) is 7.96. The van der Waals surface area contributed by atoms with Gasteiger partial charge in [0.2, 0.25) is 0 Å². The maximum atomic E-state index is 14.1. The van der Waals surface area contributed by atoms with Crippen LogP contribution in [0, 0.1) is 11.7 Å². The maximum Gasteiger partial charge on any atom is 0.308 e. The minimum atomic E-state index is -0.624. The Morgan fingerprint density at radius 1 is 1.50 bits per heavy atom. The molecule has 24 heavy (non-hydrogen) atoms. The molecule has 1 aliphatic carbocycles. The minimum Gasteiger partial charge on any atom is -0.469 e. The average Bonchev–Trinajstić information content (AvgIpc) is 2.50. The van der Waals surface area contributed by atoms with Crippen LogP contribution in [0.15, 0.2) is 16.9 Å². The first-order chi connectivity index (χ1) is 11.3. The zero-order valence-corrected chi connectivity index (χ0v) is 14.0. The van der Waals surface area contributed by atoms with Crippen LogP contribution >= 0.6 is 11.6 Å². The monoisotopic (exact) mass is 353 g/mol. The summed E-state index contributed by atoms with van der Waals surface area (Å²) in [6, 6.07) is 1.69. The number of hydrogen-bond acceptors (Lipinski definition) is 5. The number of hydrogen-bond donors (Lipinski definition) is 1. The van der Waals surface area contributed by atoms with Crippen molar-refractivity contribution in [1.82, 2.24) is 9.55 Å². The Morgan fingerprint density at radius 2 is 2.17 bits per heavy atom. The van der Waals surface area contributed by atoms with Gasteiger partial charge in [0.25, 0.3) is 5.56 Å². The summed E-state index contributed by atoms with van der Waals surface area (Å²) in [5, 5.41) is 0.167. The highest BCUT2D eigenvalue weighted by atomic mass is 35.5. The molecule has 0 unspecified atom stereocenters. The average molecular weight is 354 g/mol. The fourth-order valence-corrected chi connectivity index (χ4v) is 3.31. The van der Waals surface area contributed by atoms with Crippen LogP contribution in [0.1, 0.15) is 37.7 Å². The van der Waals surface area contributed by atoms with Gasteiger partial charge in [0.15, 0.2) is 0 Å². The first-order valence-electron chi connectivity index (χ1n) is 7.58. The lowest BCUT2D eigenvalue weighted by Crippen LogP contribution is -2.40. The number of aromatic nitrogens is 2. The number of benzene rings is 1. The molecule has 1 saturated carbocycles. The summed E-state index contributed by atoms with van der Waals surface area (Å²) < 4.78 is 20.2. The minimum absolute atomic E-state index is 0.0302. The van der Waals surface area contributed by atoms with Gasteiger partial charge in [0, 0.05) is 6.04 Å². The zero-order chi connectivity index (χ0) is 17.6. The Kier molecular flexibility index (Phi) is 4.31. The van der Waals surface area contributed by atoms with Crippen molar-refractivity contribution < 1.29 is 13.9 Å². The number of esters is 1. The summed E-state index contributed by atoms with van der Waals surface area (Å²) in [6.07, 6.45) is 0.902. The molecule has 1 aromatic carbocycles. The molecule has 0 radical (unpaired) electrons. The highest BCUT2D eigenvalue weighted by Gasteiger charge is 2.38. The van der Waals surface area contributed by atoms with Crippen molar-refractivity contribution in [3.8, 4) is 0 Å². The molecule has 128 valence electrons. The predicted octanol–water partition coefficient (Wildman–Crippen LogP) is 2.33. The third-order valence-electron chi connectivity index (χ3n) is 4.40. The van der Waals surface area contributed by atoms with E-state index in [2.05, 4.69) is 4.98 Å². The molecule has 0 saturated heterocycles. The molecule has 1 atom stereocenters. The van der Waals surface area contributed by atoms with Gasteiger partial charge in [0.1, 0.15) is 17.2 Å². The Bertz CT molecular complexity index is 875. The van der Waals surface area contributed by atoms with Crippen LogP contribution in [0.4, 0.5) is 4.39 Å². The van der Waals surface area contributed by atoms with Crippen molar-refractivity contribution in [3.63, 3.8) is 0 Å². The highest BCUT2D eigenvalue weighted by molar-refractivity contribution is 6.35. The standard InChI is InChI=1S/C16H17ClFN3O3/c1-7(19)14-20-13-11(18)4-3-10(17)12(13)15(22)21(14)9-5-8(6-9)16(23)24-2/h3-4,7-9H,5-6,19H2,1-2H3/t7-,8?,9?/m0/s1. The van der Waals surface area contributed by atoms with Crippen LogP contribution in [0.5, 0.6) is 0 Å². The predicted molar refractivity (Wildman–Crippen MR) is 87.4 cm³/mol. The van der Waals surface area contributed by atoms with Gasteiger partial charge < -0.3 is 10.5 Å². The smallest absolute Gasteiger partial charge is 0.308 e. The number of halogens is 2. The molecule has 6 nitrogen and oxygen atoms in total. The summed E-state index contributed by atoms with van der Waals surface area (Å²) in [4.78, 5) is 28.7. The van der Waals surface area contributed by atoms with E-state index in [0.29, 0.717) is 12.8 Å². The molecule has 8 heteroatoms. The molecular weight excluding hydrogens is 337 g/mol. The van der Waals surface area contributed by atoms with E-state index in [1.165, 1.54) is 23.8 Å². The molecule has 1 heterocycles. The molecule has 1 aliphatic rings. The van der Waals surface area contributed by atoms with E-state index in [1.807, 2.05) is 0 Å². The number of nitrogens with zero attached hydrogens (tertiary/aromatic N) is 2. The van der Waals surface area contributed by atoms with Crippen LogP contribution in [-0.4, -0.2) is 22.6 Å². The molecule has 0 amide bonds. The summed E-state index contributed by atoms with van der Waals surface area (Å²) in [7, 11) is 1.33. The van der Waals surface area contributed by atoms with E-state index in [-0.39, 0.29) is 39.7 Å². The van der Waals surface area contributed by atoms with Gasteiger partial charge in [-0.3, -0.25) is 14.2 Å². The van der Waals surface area contributed by atoms with Crippen LogP contribution in [0.25, 0.3) is 10.9 Å². The molecule has 0 bridgehead atoms. The molecule has 1 aromatic heterocycles. The van der Waals surface area contributed by atoms with Crippen LogP contribution in [0.2, 0.25) is 5.02 Å². The topological polar surface area (TPSA) is 87.2 Å². The van der Waals surface area contributed by atoms with Crippen LogP contribution in [-0.2, 0) is 9.53 Å². The molecule has 3 rings (SSSR count). The normalized spacial score (nSPS) is 21.4. The summed E-state index contributed by atoms with van der Waals surface area (Å²) in [5.41, 5.74) is 5.41. The van der Waals surface area contributed by atoms with E-state index < -0.39 is 17.4 Å². The fraction of sp³-hybridized carbons (Fsp3) is 0.438. The number of methoxy groups -OCH3 is 1. The van der Waals surface area contributed by atoms with Gasteiger partial charge in [0.05, 0.1) is 29.5 Å². The van der Waals surface area contributed by atoms with Crippen LogP contribution < -0.4 is 11.3 Å². The van der Waals surface area contributed by atoms with Crippen molar-refractivity contribution in [2.75, 3.05) is 7.11 Å². The Labute approximate surface area is 142 Å². The van der Waals surface area contributed by atoms with Crippen LogP contribution in [0.3, 0.4) is 0 Å². The molecule has 2 aromatic rings. The van der Waals surface area contributed by atoms with Gasteiger partial charge in [-0.2, -0.15) is 0 Å². The van der Waals surface area contributed by atoms with Gasteiger partial charge in [-0.25, -0.2) is 9.37 Å². The molecule has 1 fully saturated rings. The van der Waals surface area contributed by atoms with Crippen molar-refractivity contribution in [2.24, 2.45) is 11.7 Å². The third kappa shape index (κ3) is 2.57. The SMILES string of the molecule is COC(=O)C1CC(n2c([C@H](C)N)nc3c(F)ccc(Cl)c3c2=O)C1. The molecule has 0 aliphatic heterocycles. The fourth-order valence-electron chi connectivity index (χ4n) is 3.08. The lowest BCUT2D eigenvalue weighted by atomic mass is 9.80. The molecular formula is C16H17ClFN3O3. The number of carbonyl (C=O) groups is 1. The third-order valence-corrected chi connectivity index (χ3v) is 4.72. The van der Waals surface area contributed by atoms with E-state index in [4.69, 9.17) is 22.1 Å². The van der Waals surface area contributed by atoms with Crippen molar-refractivity contribution in [3.05, 3.63) is 39.2 Å². The second-order valence-electron chi connectivity index (χ2n) is 6.03. The quantitative estimate of drug-likeness (QED) is 0.856. The number of fused-ring (bicyclic) bond motifs is 1. The summed E-state index contributed by atoms with van der Waals surface area (Å²) >= 11 is 6.08. The molecule has 2 N–H and O–H groups in total. The zero-order valence-electron chi connectivity index (χ0n) is 13.3. The summed E-state index contributed by atoms with van der Waals surface area (Å²) in [6.45, 7) is 1.67. The number of rotatable bonds is 3. The first kappa shape index (κ1) is 16.9. The van der Waals surface area contributed by atoms with E-state index in [9.17, 15) is 14.0 Å². The van der Waals surface area contributed by atoms with Gasteiger partial charge in [-0.15, -0.1) is 0 Å². The van der Waals surface area contributed by atoms with Crippen molar-refractivity contribution in [1.29, 1.82) is 0 Å². The van der Waals surface area contributed by atoms with E-state index >= 15 is 0 Å². The summed E-state index contributed by atoms with van der Waals surface area (Å²) in [5.74, 6) is -0.908. The Balaban J connectivity index is 2.15. The van der Waals surface area contributed by atoms with Gasteiger partial charge >= 0.3 is 5.97 Å². The Morgan fingerprint density at radius 3 is 2.75 bits per heavy atom. The van der Waals surface area contributed by atoms with Crippen molar-refractivity contribution in [2.45, 2.75) is 31.8 Å². The Hall–Kier alpha value is -1.99. The van der Waals surface area contributed by atoms with Gasteiger partial charge in [-0.1, -0.05) is 11.6 Å². The second kappa shape index (κ2) is 6.14. The lowest BCUT2D eigenvalue weighted by Gasteiger charge is -2.36. The van der Waals surface area contributed by atoms with E-state index in [0.717, 1.165) is 0 Å². The number of ether oxygens (including phenoxy) is 1. The lowest BCUT2D eigenvalue weighted by molar-refractivity contribution is -0.149. The number of nitrogens with two attached hydrogens (primary N) is 1. The largest absolute Gasteiger partial charge is 0.469 e. The number of carbonyl (C=O) groups excluding carboxylic acids is 1. The maximum absolute atomic E-state index is 14.1. The van der Waals surface area contributed by atoms with E-state index in [1.54, 1.807) is 6.92 Å².